The highest BCUT2D eigenvalue weighted by Gasteiger charge is 2.45. The number of esters is 1. The van der Waals surface area contributed by atoms with Gasteiger partial charge in [0.25, 0.3) is 5.91 Å². The molecule has 3 rings (SSSR count). The van der Waals surface area contributed by atoms with Crippen LogP contribution < -0.4 is 10.6 Å². The smallest absolute Gasteiger partial charge is 0.325 e. The van der Waals surface area contributed by atoms with E-state index < -0.39 is 11.4 Å². The fraction of sp³-hybridized carbons (Fsp3) is 0.286. The second-order valence-corrected chi connectivity index (χ2v) is 6.59. The van der Waals surface area contributed by atoms with Gasteiger partial charge in [0.05, 0.1) is 12.5 Å². The van der Waals surface area contributed by atoms with Gasteiger partial charge in [0, 0.05) is 11.3 Å². The second-order valence-electron chi connectivity index (χ2n) is 6.59. The van der Waals surface area contributed by atoms with Gasteiger partial charge in [0.1, 0.15) is 6.54 Å². The van der Waals surface area contributed by atoms with Crippen molar-refractivity contribution >= 4 is 23.5 Å². The number of hydrogen-bond donors (Lipinski definition) is 2. The number of carbonyl (C=O) groups is 3. The zero-order valence-corrected chi connectivity index (χ0v) is 15.2. The number of methoxy groups -OCH3 is 1. The van der Waals surface area contributed by atoms with Crippen LogP contribution in [-0.4, -0.2) is 31.4 Å². The molecule has 6 nitrogen and oxygen atoms in total. The van der Waals surface area contributed by atoms with Gasteiger partial charge in [-0.05, 0) is 42.7 Å². The summed E-state index contributed by atoms with van der Waals surface area (Å²) in [5, 5.41) is 5.44. The Kier molecular flexibility index (Phi) is 5.54. The number of anilines is 1. The van der Waals surface area contributed by atoms with E-state index in [0.29, 0.717) is 11.3 Å². The van der Waals surface area contributed by atoms with Crippen molar-refractivity contribution in [2.45, 2.75) is 24.7 Å². The lowest BCUT2D eigenvalue weighted by Gasteiger charge is -2.40. The highest BCUT2D eigenvalue weighted by molar-refractivity contribution is 6.01. The molecule has 140 valence electrons. The van der Waals surface area contributed by atoms with Crippen molar-refractivity contribution in [2.24, 2.45) is 0 Å². The van der Waals surface area contributed by atoms with Crippen molar-refractivity contribution in [3.05, 3.63) is 65.7 Å². The third-order valence-electron chi connectivity index (χ3n) is 4.99. The number of amides is 2. The molecule has 2 aromatic carbocycles. The standard InChI is InChI=1S/C21H22N2O4/c1-27-18(24)14-22-19(25)15-8-10-17(11-9-15)23-20(26)21(12-5-13-21)16-6-3-2-4-7-16/h2-4,6-11H,5,12-14H2,1H3,(H,22,25)(H,23,26). The Labute approximate surface area is 157 Å². The Hall–Kier alpha value is -3.15. The summed E-state index contributed by atoms with van der Waals surface area (Å²) in [5.41, 5.74) is 1.59. The maximum atomic E-state index is 12.9. The highest BCUT2D eigenvalue weighted by atomic mass is 16.5. The Morgan fingerprint density at radius 3 is 2.22 bits per heavy atom. The summed E-state index contributed by atoms with van der Waals surface area (Å²) in [7, 11) is 1.26. The van der Waals surface area contributed by atoms with Gasteiger partial charge in [-0.2, -0.15) is 0 Å². The summed E-state index contributed by atoms with van der Waals surface area (Å²) in [6.07, 6.45) is 2.69. The summed E-state index contributed by atoms with van der Waals surface area (Å²) in [6.45, 7) is -0.187. The average Bonchev–Trinajstić information content (AvgIpc) is 2.66. The summed E-state index contributed by atoms with van der Waals surface area (Å²) in [4.78, 5) is 36.0. The molecule has 2 amide bonds. The first-order valence-electron chi connectivity index (χ1n) is 8.87. The first-order valence-corrected chi connectivity index (χ1v) is 8.87. The van der Waals surface area contributed by atoms with Crippen LogP contribution in [0.5, 0.6) is 0 Å². The van der Waals surface area contributed by atoms with E-state index in [0.717, 1.165) is 24.8 Å². The topological polar surface area (TPSA) is 84.5 Å². The van der Waals surface area contributed by atoms with Crippen molar-refractivity contribution in [1.29, 1.82) is 0 Å². The number of benzene rings is 2. The number of ether oxygens (including phenoxy) is 1. The van der Waals surface area contributed by atoms with Gasteiger partial charge in [-0.1, -0.05) is 36.8 Å². The van der Waals surface area contributed by atoms with Gasteiger partial charge in [-0.15, -0.1) is 0 Å². The molecule has 1 fully saturated rings. The predicted molar refractivity (Wildman–Crippen MR) is 101 cm³/mol. The lowest BCUT2D eigenvalue weighted by atomic mass is 9.64. The van der Waals surface area contributed by atoms with E-state index in [2.05, 4.69) is 15.4 Å². The number of nitrogens with one attached hydrogen (secondary N) is 2. The molecule has 1 aliphatic carbocycles. The lowest BCUT2D eigenvalue weighted by Crippen LogP contribution is -2.45. The van der Waals surface area contributed by atoms with E-state index in [1.54, 1.807) is 24.3 Å². The minimum Gasteiger partial charge on any atom is -0.468 e. The van der Waals surface area contributed by atoms with Gasteiger partial charge in [-0.25, -0.2) is 0 Å². The van der Waals surface area contributed by atoms with Crippen molar-refractivity contribution in [3.63, 3.8) is 0 Å². The maximum Gasteiger partial charge on any atom is 0.325 e. The van der Waals surface area contributed by atoms with Gasteiger partial charge in [-0.3, -0.25) is 14.4 Å². The molecule has 0 heterocycles. The zero-order chi connectivity index (χ0) is 19.3. The normalized spacial score (nSPS) is 14.6. The molecule has 2 aromatic rings. The van der Waals surface area contributed by atoms with Crippen LogP contribution in [0.1, 0.15) is 35.2 Å². The molecule has 0 radical (unpaired) electrons. The van der Waals surface area contributed by atoms with Crippen molar-refractivity contribution < 1.29 is 19.1 Å². The highest BCUT2D eigenvalue weighted by Crippen LogP contribution is 2.44. The van der Waals surface area contributed by atoms with Crippen LogP contribution in [-0.2, 0) is 19.7 Å². The number of rotatable bonds is 6. The lowest BCUT2D eigenvalue weighted by molar-refractivity contribution is -0.139. The van der Waals surface area contributed by atoms with Crippen LogP contribution in [0.4, 0.5) is 5.69 Å². The van der Waals surface area contributed by atoms with Crippen LogP contribution in [0.3, 0.4) is 0 Å². The van der Waals surface area contributed by atoms with Gasteiger partial charge in [0.2, 0.25) is 5.91 Å². The van der Waals surface area contributed by atoms with E-state index in [-0.39, 0.29) is 18.4 Å². The Morgan fingerprint density at radius 2 is 1.67 bits per heavy atom. The summed E-state index contributed by atoms with van der Waals surface area (Å²) in [6, 6.07) is 16.4. The second kappa shape index (κ2) is 8.03. The van der Waals surface area contributed by atoms with Crippen molar-refractivity contribution in [1.82, 2.24) is 5.32 Å². The fourth-order valence-corrected chi connectivity index (χ4v) is 3.22. The Bertz CT molecular complexity index is 827. The van der Waals surface area contributed by atoms with E-state index in [4.69, 9.17) is 0 Å². The number of carbonyl (C=O) groups excluding carboxylic acids is 3. The Balaban J connectivity index is 1.65. The van der Waals surface area contributed by atoms with E-state index in [9.17, 15) is 14.4 Å². The molecular weight excluding hydrogens is 344 g/mol. The minimum absolute atomic E-state index is 0.0251. The monoisotopic (exact) mass is 366 g/mol. The summed E-state index contributed by atoms with van der Waals surface area (Å²) in [5.74, 6) is -0.917. The largest absolute Gasteiger partial charge is 0.468 e. The van der Waals surface area contributed by atoms with Gasteiger partial charge < -0.3 is 15.4 Å². The molecule has 6 heteroatoms. The first-order chi connectivity index (χ1) is 13.0. The molecule has 0 unspecified atom stereocenters. The SMILES string of the molecule is COC(=O)CNC(=O)c1ccc(NC(=O)C2(c3ccccc3)CCC2)cc1. The van der Waals surface area contributed by atoms with Crippen LogP contribution in [0, 0.1) is 0 Å². The van der Waals surface area contributed by atoms with Crippen molar-refractivity contribution in [3.8, 4) is 0 Å². The van der Waals surface area contributed by atoms with Crippen LogP contribution >= 0.6 is 0 Å². The third kappa shape index (κ3) is 4.00. The number of hydrogen-bond acceptors (Lipinski definition) is 4. The molecule has 1 aliphatic rings. The first kappa shape index (κ1) is 18.6. The molecule has 0 saturated heterocycles. The molecule has 0 aromatic heterocycles. The predicted octanol–water partition coefficient (Wildman–Crippen LogP) is 2.65. The molecular formula is C21H22N2O4. The van der Waals surface area contributed by atoms with Crippen LogP contribution in [0.25, 0.3) is 0 Å². The quantitative estimate of drug-likeness (QED) is 0.770. The van der Waals surface area contributed by atoms with Crippen LogP contribution in [0.15, 0.2) is 54.6 Å². The molecule has 0 bridgehead atoms. The summed E-state index contributed by atoms with van der Waals surface area (Å²) >= 11 is 0. The molecule has 0 spiro atoms. The van der Waals surface area contributed by atoms with Crippen LogP contribution in [0.2, 0.25) is 0 Å². The van der Waals surface area contributed by atoms with Gasteiger partial charge >= 0.3 is 5.97 Å². The average molecular weight is 366 g/mol. The van der Waals surface area contributed by atoms with E-state index >= 15 is 0 Å². The summed E-state index contributed by atoms with van der Waals surface area (Å²) < 4.78 is 4.48. The molecule has 2 N–H and O–H groups in total. The molecule has 0 aliphatic heterocycles. The van der Waals surface area contributed by atoms with Crippen molar-refractivity contribution in [2.75, 3.05) is 19.0 Å². The maximum absolute atomic E-state index is 12.9. The van der Waals surface area contributed by atoms with Gasteiger partial charge in [0.15, 0.2) is 0 Å². The molecule has 1 saturated carbocycles. The Morgan fingerprint density at radius 1 is 1.00 bits per heavy atom. The zero-order valence-electron chi connectivity index (χ0n) is 15.2. The minimum atomic E-state index is -0.515. The molecule has 0 atom stereocenters. The van der Waals surface area contributed by atoms with E-state index in [1.807, 2.05) is 30.3 Å². The molecule has 27 heavy (non-hydrogen) atoms. The third-order valence-corrected chi connectivity index (χ3v) is 4.99. The fourth-order valence-electron chi connectivity index (χ4n) is 3.22. The van der Waals surface area contributed by atoms with E-state index in [1.165, 1.54) is 7.11 Å².